The summed E-state index contributed by atoms with van der Waals surface area (Å²) in [6.07, 6.45) is -2.15. The molecule has 0 bridgehead atoms. The highest BCUT2D eigenvalue weighted by molar-refractivity contribution is 5.59. The van der Waals surface area contributed by atoms with Crippen LogP contribution in [0, 0.1) is 0 Å². The van der Waals surface area contributed by atoms with Crippen molar-refractivity contribution in [1.29, 1.82) is 0 Å². The van der Waals surface area contributed by atoms with Crippen LogP contribution in [0.25, 0.3) is 11.4 Å². The summed E-state index contributed by atoms with van der Waals surface area (Å²) >= 11 is 0. The van der Waals surface area contributed by atoms with Gasteiger partial charge in [0.05, 0.1) is 17.5 Å². The Kier molecular flexibility index (Phi) is 2.71. The van der Waals surface area contributed by atoms with Crippen molar-refractivity contribution < 1.29 is 18.3 Å². The van der Waals surface area contributed by atoms with Gasteiger partial charge in [0.25, 0.3) is 0 Å². The molecule has 2 aromatic heterocycles. The summed E-state index contributed by atoms with van der Waals surface area (Å²) in [5, 5.41) is 9.03. The zero-order valence-corrected chi connectivity index (χ0v) is 8.44. The molecule has 2 aromatic rings. The van der Waals surface area contributed by atoms with E-state index in [1.54, 1.807) is 0 Å². The van der Waals surface area contributed by atoms with Crippen LogP contribution in [-0.4, -0.2) is 15.1 Å². The Morgan fingerprint density at radius 3 is 2.41 bits per heavy atom. The van der Waals surface area contributed by atoms with Gasteiger partial charge in [-0.15, -0.1) is 0 Å². The van der Waals surface area contributed by atoms with E-state index in [1.807, 2.05) is 0 Å². The number of rotatable bonds is 1. The second-order valence-corrected chi connectivity index (χ2v) is 3.30. The van der Waals surface area contributed by atoms with E-state index in [-0.39, 0.29) is 17.1 Å². The molecule has 1 N–H and O–H groups in total. The van der Waals surface area contributed by atoms with Gasteiger partial charge in [0, 0.05) is 6.20 Å². The Balaban J connectivity index is 2.56. The molecule has 0 saturated carbocycles. The molecule has 17 heavy (non-hydrogen) atoms. The summed E-state index contributed by atoms with van der Waals surface area (Å²) < 4.78 is 38.1. The summed E-state index contributed by atoms with van der Waals surface area (Å²) in [5.41, 5.74) is -1.03. The number of pyridine rings is 2. The third-order valence-corrected chi connectivity index (χ3v) is 2.10. The summed E-state index contributed by atoms with van der Waals surface area (Å²) in [5.74, 6) is -0.113. The lowest BCUT2D eigenvalue weighted by atomic mass is 10.1. The van der Waals surface area contributed by atoms with Crippen molar-refractivity contribution in [3.8, 4) is 17.1 Å². The van der Waals surface area contributed by atoms with E-state index in [1.165, 1.54) is 24.4 Å². The van der Waals surface area contributed by atoms with Crippen LogP contribution < -0.4 is 0 Å². The van der Waals surface area contributed by atoms with Crippen molar-refractivity contribution in [2.75, 3.05) is 0 Å². The molecule has 0 radical (unpaired) electrons. The summed E-state index contributed by atoms with van der Waals surface area (Å²) in [4.78, 5) is 7.39. The maximum absolute atomic E-state index is 12.7. The molecule has 0 unspecified atom stereocenters. The number of alkyl halides is 3. The minimum Gasteiger partial charge on any atom is -0.506 e. The fourth-order valence-electron chi connectivity index (χ4n) is 1.36. The van der Waals surface area contributed by atoms with E-state index in [4.69, 9.17) is 5.11 Å². The Morgan fingerprint density at radius 2 is 1.82 bits per heavy atom. The van der Waals surface area contributed by atoms with Gasteiger partial charge in [-0.05, 0) is 24.3 Å². The monoisotopic (exact) mass is 240 g/mol. The van der Waals surface area contributed by atoms with E-state index in [2.05, 4.69) is 9.97 Å². The first kappa shape index (κ1) is 11.4. The molecule has 88 valence electrons. The fraction of sp³-hybridized carbons (Fsp3) is 0.0909. The van der Waals surface area contributed by atoms with Crippen LogP contribution in [0.4, 0.5) is 13.2 Å². The Labute approximate surface area is 94.6 Å². The summed E-state index contributed by atoms with van der Waals surface area (Å²) in [7, 11) is 0. The number of halogens is 3. The molecular formula is C11H7F3N2O. The smallest absolute Gasteiger partial charge is 0.418 e. The van der Waals surface area contributed by atoms with Crippen LogP contribution in [0.5, 0.6) is 5.75 Å². The molecule has 0 aliphatic rings. The minimum absolute atomic E-state index is 0.0655. The molecule has 0 saturated heterocycles. The molecule has 0 spiro atoms. The highest BCUT2D eigenvalue weighted by atomic mass is 19.4. The van der Waals surface area contributed by atoms with Crippen molar-refractivity contribution in [2.24, 2.45) is 0 Å². The van der Waals surface area contributed by atoms with Crippen LogP contribution in [-0.2, 0) is 6.18 Å². The molecule has 0 amide bonds. The third-order valence-electron chi connectivity index (χ3n) is 2.10. The van der Waals surface area contributed by atoms with Gasteiger partial charge in [-0.1, -0.05) is 0 Å². The van der Waals surface area contributed by atoms with Gasteiger partial charge in [-0.3, -0.25) is 9.97 Å². The Hall–Kier alpha value is -2.11. The second-order valence-electron chi connectivity index (χ2n) is 3.30. The average molecular weight is 240 g/mol. The van der Waals surface area contributed by atoms with E-state index >= 15 is 0 Å². The first-order valence-corrected chi connectivity index (χ1v) is 4.66. The van der Waals surface area contributed by atoms with Gasteiger partial charge in [0.1, 0.15) is 11.4 Å². The number of nitrogens with zero attached hydrogens (tertiary/aromatic N) is 2. The summed E-state index contributed by atoms with van der Waals surface area (Å²) in [6, 6.07) is 4.70. The van der Waals surface area contributed by atoms with Crippen molar-refractivity contribution in [2.45, 2.75) is 6.18 Å². The topological polar surface area (TPSA) is 46.0 Å². The highest BCUT2D eigenvalue weighted by Crippen LogP contribution is 2.35. The molecule has 0 fully saturated rings. The average Bonchev–Trinajstić information content (AvgIpc) is 2.29. The summed E-state index contributed by atoms with van der Waals surface area (Å²) in [6.45, 7) is 0. The largest absolute Gasteiger partial charge is 0.506 e. The Morgan fingerprint density at radius 1 is 1.06 bits per heavy atom. The molecular weight excluding hydrogens is 233 g/mol. The second kappa shape index (κ2) is 4.04. The highest BCUT2D eigenvalue weighted by Gasteiger charge is 2.34. The first-order valence-electron chi connectivity index (χ1n) is 4.66. The Bertz CT molecular complexity index is 523. The molecule has 0 atom stereocenters. The predicted molar refractivity (Wildman–Crippen MR) is 54.1 cm³/mol. The fourth-order valence-corrected chi connectivity index (χ4v) is 1.36. The van der Waals surface area contributed by atoms with Gasteiger partial charge < -0.3 is 5.11 Å². The molecule has 3 nitrogen and oxygen atoms in total. The molecule has 2 heterocycles. The van der Waals surface area contributed by atoms with Crippen LogP contribution in [0.3, 0.4) is 0 Å². The molecule has 2 rings (SSSR count). The maximum atomic E-state index is 12.7. The zero-order valence-electron chi connectivity index (χ0n) is 8.44. The van der Waals surface area contributed by atoms with Gasteiger partial charge in [0.2, 0.25) is 0 Å². The number of hydrogen-bond acceptors (Lipinski definition) is 3. The lowest BCUT2D eigenvalue weighted by Crippen LogP contribution is -2.08. The van der Waals surface area contributed by atoms with Crippen LogP contribution >= 0.6 is 0 Å². The van der Waals surface area contributed by atoms with Gasteiger partial charge >= 0.3 is 6.18 Å². The van der Waals surface area contributed by atoms with Crippen molar-refractivity contribution in [3.05, 3.63) is 42.2 Å². The van der Waals surface area contributed by atoms with Crippen LogP contribution in [0.2, 0.25) is 0 Å². The molecule has 6 heteroatoms. The van der Waals surface area contributed by atoms with Crippen LogP contribution in [0.15, 0.2) is 36.7 Å². The quantitative estimate of drug-likeness (QED) is 0.833. The van der Waals surface area contributed by atoms with Crippen molar-refractivity contribution in [3.63, 3.8) is 0 Å². The van der Waals surface area contributed by atoms with Gasteiger partial charge in [-0.25, -0.2) is 0 Å². The predicted octanol–water partition coefficient (Wildman–Crippen LogP) is 2.87. The zero-order chi connectivity index (χ0) is 12.5. The maximum Gasteiger partial charge on any atom is 0.418 e. The van der Waals surface area contributed by atoms with Gasteiger partial charge in [-0.2, -0.15) is 13.2 Å². The first-order chi connectivity index (χ1) is 7.98. The van der Waals surface area contributed by atoms with E-state index in [9.17, 15) is 13.2 Å². The number of aromatic nitrogens is 2. The third kappa shape index (κ3) is 2.35. The molecule has 0 aliphatic heterocycles. The van der Waals surface area contributed by atoms with E-state index in [0.29, 0.717) is 0 Å². The standard InChI is InChI=1S/C11H7F3N2O/c12-11(13,14)8-2-1-5-15-10(8)9-4-3-7(17)6-16-9/h1-6,17H. The van der Waals surface area contributed by atoms with Crippen molar-refractivity contribution in [1.82, 2.24) is 9.97 Å². The minimum atomic E-state index is -4.48. The van der Waals surface area contributed by atoms with Crippen LogP contribution in [0.1, 0.15) is 5.56 Å². The SMILES string of the molecule is Oc1ccc(-c2ncccc2C(F)(F)F)nc1. The van der Waals surface area contributed by atoms with Gasteiger partial charge in [0.15, 0.2) is 0 Å². The normalized spacial score (nSPS) is 11.5. The number of aromatic hydroxyl groups is 1. The molecule has 0 aromatic carbocycles. The van der Waals surface area contributed by atoms with E-state index in [0.717, 1.165) is 12.3 Å². The lowest BCUT2D eigenvalue weighted by molar-refractivity contribution is -0.137. The lowest BCUT2D eigenvalue weighted by Gasteiger charge is -2.10. The number of hydrogen-bond donors (Lipinski definition) is 1. The molecule has 0 aliphatic carbocycles. The van der Waals surface area contributed by atoms with E-state index < -0.39 is 11.7 Å². The van der Waals surface area contributed by atoms with Crippen molar-refractivity contribution >= 4 is 0 Å².